The average molecular weight is 357 g/mol. The Hall–Kier alpha value is -3.60. The molecule has 1 amide bonds. The van der Waals surface area contributed by atoms with Gasteiger partial charge < -0.3 is 10.4 Å². The smallest absolute Gasteiger partial charge is 0.255 e. The molecule has 0 aliphatic heterocycles. The zero-order chi connectivity index (χ0) is 18.8. The molecule has 1 aromatic heterocycles. The summed E-state index contributed by atoms with van der Waals surface area (Å²) in [6, 6.07) is 20.5. The Labute approximate surface area is 156 Å². The molecule has 0 fully saturated rings. The van der Waals surface area contributed by atoms with Gasteiger partial charge in [0.2, 0.25) is 0 Å². The van der Waals surface area contributed by atoms with E-state index in [4.69, 9.17) is 0 Å². The van der Waals surface area contributed by atoms with Gasteiger partial charge in [-0.15, -0.1) is 0 Å². The van der Waals surface area contributed by atoms with Crippen molar-refractivity contribution in [2.45, 2.75) is 6.04 Å². The van der Waals surface area contributed by atoms with Crippen LogP contribution in [0.3, 0.4) is 0 Å². The summed E-state index contributed by atoms with van der Waals surface area (Å²) in [5, 5.41) is 19.7. The van der Waals surface area contributed by atoms with Gasteiger partial charge in [0.15, 0.2) is 0 Å². The number of fused-ring (bicyclic) bond motifs is 1. The summed E-state index contributed by atoms with van der Waals surface area (Å²) in [5.74, 6) is -0.0988. The molecule has 0 radical (unpaired) electrons. The number of benzene rings is 3. The fourth-order valence-electron chi connectivity index (χ4n) is 3.31. The topological polar surface area (TPSA) is 67.2 Å². The third kappa shape index (κ3) is 3.27. The Balaban J connectivity index is 1.85. The van der Waals surface area contributed by atoms with Gasteiger partial charge in [0.05, 0.1) is 17.8 Å². The fourth-order valence-corrected chi connectivity index (χ4v) is 3.31. The second-order valence-electron chi connectivity index (χ2n) is 6.44. The number of nitrogens with one attached hydrogen (secondary N) is 1. The lowest BCUT2D eigenvalue weighted by molar-refractivity contribution is 0.0943. The molecule has 5 nitrogen and oxygen atoms in total. The van der Waals surface area contributed by atoms with Gasteiger partial charge in [-0.2, -0.15) is 5.10 Å². The number of carbonyl (C=O) groups is 1. The van der Waals surface area contributed by atoms with E-state index in [1.54, 1.807) is 24.0 Å². The lowest BCUT2D eigenvalue weighted by Gasteiger charge is -2.22. The molecule has 0 aliphatic carbocycles. The van der Waals surface area contributed by atoms with Crippen LogP contribution in [0.15, 0.2) is 79.1 Å². The minimum Gasteiger partial charge on any atom is -0.508 e. The van der Waals surface area contributed by atoms with Gasteiger partial charge in [-0.1, -0.05) is 60.7 Å². The van der Waals surface area contributed by atoms with Crippen molar-refractivity contribution >= 4 is 16.7 Å². The van der Waals surface area contributed by atoms with E-state index in [1.165, 1.54) is 6.20 Å². The van der Waals surface area contributed by atoms with E-state index < -0.39 is 6.04 Å². The molecule has 1 atom stereocenters. The molecule has 134 valence electrons. The Morgan fingerprint density at radius 2 is 1.78 bits per heavy atom. The maximum atomic E-state index is 12.8. The monoisotopic (exact) mass is 357 g/mol. The van der Waals surface area contributed by atoms with Crippen LogP contribution in [0.1, 0.15) is 27.5 Å². The first-order valence-corrected chi connectivity index (χ1v) is 8.68. The summed E-state index contributed by atoms with van der Waals surface area (Å²) < 4.78 is 1.59. The molecular weight excluding hydrogens is 338 g/mol. The molecule has 0 bridgehead atoms. The molecule has 4 aromatic rings. The molecule has 0 spiro atoms. The minimum atomic E-state index is -0.495. The quantitative estimate of drug-likeness (QED) is 0.584. The van der Waals surface area contributed by atoms with Crippen molar-refractivity contribution in [1.29, 1.82) is 0 Å². The zero-order valence-corrected chi connectivity index (χ0v) is 14.8. The molecule has 0 saturated heterocycles. The van der Waals surface area contributed by atoms with Crippen molar-refractivity contribution < 1.29 is 9.90 Å². The Morgan fingerprint density at radius 3 is 2.52 bits per heavy atom. The van der Waals surface area contributed by atoms with Gasteiger partial charge in [-0.3, -0.25) is 9.48 Å². The maximum Gasteiger partial charge on any atom is 0.255 e. The van der Waals surface area contributed by atoms with Crippen LogP contribution >= 0.6 is 0 Å². The number of hydrogen-bond donors (Lipinski definition) is 2. The van der Waals surface area contributed by atoms with Crippen LogP contribution < -0.4 is 5.32 Å². The normalized spacial score (nSPS) is 12.0. The molecular formula is C22H19N3O2. The van der Waals surface area contributed by atoms with Crippen molar-refractivity contribution in [3.05, 3.63) is 95.8 Å². The fraction of sp³-hybridized carbons (Fsp3) is 0.0909. The highest BCUT2D eigenvalue weighted by Gasteiger charge is 2.23. The third-order valence-corrected chi connectivity index (χ3v) is 4.61. The van der Waals surface area contributed by atoms with Crippen molar-refractivity contribution in [2.24, 2.45) is 7.05 Å². The summed E-state index contributed by atoms with van der Waals surface area (Å²) in [5.41, 5.74) is 2.04. The molecule has 4 rings (SSSR count). The van der Waals surface area contributed by atoms with Crippen LogP contribution in [0.25, 0.3) is 10.8 Å². The van der Waals surface area contributed by atoms with E-state index in [2.05, 4.69) is 10.4 Å². The number of aromatic hydroxyl groups is 1. The molecule has 1 unspecified atom stereocenters. The number of aromatic nitrogens is 2. The second kappa shape index (κ2) is 6.96. The summed E-state index contributed by atoms with van der Waals surface area (Å²) in [4.78, 5) is 12.8. The Kier molecular flexibility index (Phi) is 4.34. The number of rotatable bonds is 4. The standard InChI is InChI=1S/C22H19N3O2/c1-25-14-17(13-23-25)22(27)24-21(16-8-3-2-4-9-16)20-18-10-6-5-7-15(18)11-12-19(20)26/h2-14,21,26H,1H3,(H,24,27). The summed E-state index contributed by atoms with van der Waals surface area (Å²) in [7, 11) is 1.77. The maximum absolute atomic E-state index is 12.8. The molecule has 0 saturated carbocycles. The zero-order valence-electron chi connectivity index (χ0n) is 14.8. The number of nitrogens with zero attached hydrogens (tertiary/aromatic N) is 2. The van der Waals surface area contributed by atoms with Gasteiger partial charge in [0, 0.05) is 18.8 Å². The highest BCUT2D eigenvalue weighted by Crippen LogP contribution is 2.35. The van der Waals surface area contributed by atoms with Gasteiger partial charge in [-0.25, -0.2) is 0 Å². The number of phenols is 1. The van der Waals surface area contributed by atoms with Crippen LogP contribution in [0, 0.1) is 0 Å². The third-order valence-electron chi connectivity index (χ3n) is 4.61. The van der Waals surface area contributed by atoms with E-state index in [1.807, 2.05) is 60.7 Å². The van der Waals surface area contributed by atoms with E-state index in [-0.39, 0.29) is 11.7 Å². The van der Waals surface area contributed by atoms with Crippen molar-refractivity contribution in [3.8, 4) is 5.75 Å². The summed E-state index contributed by atoms with van der Waals surface area (Å²) >= 11 is 0. The molecule has 27 heavy (non-hydrogen) atoms. The van der Waals surface area contributed by atoms with E-state index in [0.29, 0.717) is 11.1 Å². The van der Waals surface area contributed by atoms with Gasteiger partial charge in [0.25, 0.3) is 5.91 Å². The number of hydrogen-bond acceptors (Lipinski definition) is 3. The van der Waals surface area contributed by atoms with Crippen LogP contribution in [0.2, 0.25) is 0 Å². The summed E-state index contributed by atoms with van der Waals surface area (Å²) in [6.07, 6.45) is 3.20. The SMILES string of the molecule is Cn1cc(C(=O)NC(c2ccccc2)c2c(O)ccc3ccccc23)cn1. The van der Waals surface area contributed by atoms with E-state index in [9.17, 15) is 9.90 Å². The molecule has 5 heteroatoms. The van der Waals surface area contributed by atoms with Gasteiger partial charge in [-0.05, 0) is 22.4 Å². The van der Waals surface area contributed by atoms with Gasteiger partial charge in [0.1, 0.15) is 5.75 Å². The van der Waals surface area contributed by atoms with E-state index in [0.717, 1.165) is 16.3 Å². The van der Waals surface area contributed by atoms with Crippen LogP contribution in [0.5, 0.6) is 5.75 Å². The molecule has 0 aliphatic rings. The lowest BCUT2D eigenvalue weighted by Crippen LogP contribution is -2.29. The first kappa shape index (κ1) is 16.8. The number of aryl methyl sites for hydroxylation is 1. The highest BCUT2D eigenvalue weighted by molar-refractivity contribution is 5.95. The van der Waals surface area contributed by atoms with Gasteiger partial charge >= 0.3 is 0 Å². The number of phenolic OH excluding ortho intramolecular Hbond substituents is 1. The molecule has 1 heterocycles. The van der Waals surface area contributed by atoms with Crippen LogP contribution in [-0.4, -0.2) is 20.8 Å². The van der Waals surface area contributed by atoms with Crippen molar-refractivity contribution in [3.63, 3.8) is 0 Å². The van der Waals surface area contributed by atoms with Crippen LogP contribution in [-0.2, 0) is 7.05 Å². The van der Waals surface area contributed by atoms with Crippen LogP contribution in [0.4, 0.5) is 0 Å². The van der Waals surface area contributed by atoms with Crippen molar-refractivity contribution in [1.82, 2.24) is 15.1 Å². The molecule has 3 aromatic carbocycles. The lowest BCUT2D eigenvalue weighted by atomic mass is 9.92. The first-order valence-electron chi connectivity index (χ1n) is 8.68. The second-order valence-corrected chi connectivity index (χ2v) is 6.44. The molecule has 2 N–H and O–H groups in total. The average Bonchev–Trinajstić information content (AvgIpc) is 3.14. The van der Waals surface area contributed by atoms with Crippen molar-refractivity contribution in [2.75, 3.05) is 0 Å². The number of amides is 1. The Bertz CT molecular complexity index is 1100. The number of carbonyl (C=O) groups excluding carboxylic acids is 1. The Morgan fingerprint density at radius 1 is 1.04 bits per heavy atom. The first-order chi connectivity index (χ1) is 13.1. The predicted octanol–water partition coefficient (Wildman–Crippen LogP) is 3.80. The summed E-state index contributed by atoms with van der Waals surface area (Å²) in [6.45, 7) is 0. The largest absolute Gasteiger partial charge is 0.508 e. The van der Waals surface area contributed by atoms with E-state index >= 15 is 0 Å². The minimum absolute atomic E-state index is 0.147. The predicted molar refractivity (Wildman–Crippen MR) is 105 cm³/mol. The highest BCUT2D eigenvalue weighted by atomic mass is 16.3.